The van der Waals surface area contributed by atoms with E-state index in [-0.39, 0.29) is 31.1 Å². The van der Waals surface area contributed by atoms with Gasteiger partial charge in [-0.15, -0.1) is 0 Å². The highest BCUT2D eigenvalue weighted by Crippen LogP contribution is 2.22. The molecule has 0 saturated carbocycles. The van der Waals surface area contributed by atoms with Gasteiger partial charge in [0.05, 0.1) is 16.8 Å². The van der Waals surface area contributed by atoms with Crippen LogP contribution in [-0.2, 0) is 9.53 Å². The van der Waals surface area contributed by atoms with Crippen molar-refractivity contribution < 1.29 is 23.8 Å². The van der Waals surface area contributed by atoms with Gasteiger partial charge >= 0.3 is 5.97 Å². The highest BCUT2D eigenvalue weighted by Gasteiger charge is 2.44. The molecule has 0 bridgehead atoms. The number of nitrogens with one attached hydrogen (secondary N) is 1. The summed E-state index contributed by atoms with van der Waals surface area (Å²) in [6, 6.07) is 5.58. The van der Waals surface area contributed by atoms with Crippen molar-refractivity contribution in [2.75, 3.05) is 13.2 Å². The number of ether oxygens (including phenoxy) is 1. The topological polar surface area (TPSA) is 93.5 Å². The second kappa shape index (κ2) is 6.33. The number of benzene rings is 1. The third kappa shape index (κ3) is 3.04. The monoisotopic (exact) mass is 397 g/mol. The molecule has 1 amide bonds. The van der Waals surface area contributed by atoms with E-state index in [4.69, 9.17) is 4.74 Å². The standard InChI is InChI=1S/C15H13BrFN3O4/c16-11-7-20(10-3-1-9(17)2-4-10)19-12(11)13(21)18-15(14(22)23)5-6-24-8-15/h1-4,7H,5-6,8H2,(H,18,21)(H,22,23). The van der Waals surface area contributed by atoms with E-state index in [1.165, 1.54) is 28.9 Å². The summed E-state index contributed by atoms with van der Waals surface area (Å²) in [4.78, 5) is 23.9. The number of carbonyl (C=O) groups excluding carboxylic acids is 1. The third-order valence-electron chi connectivity index (χ3n) is 3.76. The van der Waals surface area contributed by atoms with Gasteiger partial charge in [-0.25, -0.2) is 13.9 Å². The van der Waals surface area contributed by atoms with Crippen LogP contribution in [0.3, 0.4) is 0 Å². The minimum atomic E-state index is -1.45. The summed E-state index contributed by atoms with van der Waals surface area (Å²) in [6.45, 7) is 0.169. The van der Waals surface area contributed by atoms with Gasteiger partial charge in [-0.3, -0.25) is 4.79 Å². The zero-order chi connectivity index (χ0) is 17.3. The average Bonchev–Trinajstić information content (AvgIpc) is 3.16. The van der Waals surface area contributed by atoms with Gasteiger partial charge in [-0.1, -0.05) is 0 Å². The molecule has 24 heavy (non-hydrogen) atoms. The summed E-state index contributed by atoms with van der Waals surface area (Å²) in [5.74, 6) is -2.16. The fourth-order valence-electron chi connectivity index (χ4n) is 2.40. The molecule has 1 aliphatic rings. The summed E-state index contributed by atoms with van der Waals surface area (Å²) in [7, 11) is 0. The average molecular weight is 398 g/mol. The van der Waals surface area contributed by atoms with Crippen molar-refractivity contribution in [3.8, 4) is 5.69 Å². The molecule has 2 N–H and O–H groups in total. The first-order valence-electron chi connectivity index (χ1n) is 7.06. The largest absolute Gasteiger partial charge is 0.479 e. The molecule has 2 heterocycles. The molecule has 1 aromatic carbocycles. The number of aliphatic carboxylic acids is 1. The number of halogens is 2. The first-order valence-corrected chi connectivity index (χ1v) is 7.85. The van der Waals surface area contributed by atoms with Crippen LogP contribution in [-0.4, -0.2) is 45.5 Å². The van der Waals surface area contributed by atoms with Crippen molar-refractivity contribution in [2.24, 2.45) is 0 Å². The number of amides is 1. The van der Waals surface area contributed by atoms with Gasteiger partial charge in [-0.2, -0.15) is 5.10 Å². The maximum absolute atomic E-state index is 13.0. The normalized spacial score (nSPS) is 20.1. The summed E-state index contributed by atoms with van der Waals surface area (Å²) in [6.07, 6.45) is 1.73. The van der Waals surface area contributed by atoms with Crippen molar-refractivity contribution in [3.05, 3.63) is 46.4 Å². The fraction of sp³-hybridized carbons (Fsp3) is 0.267. The van der Waals surface area contributed by atoms with E-state index in [0.29, 0.717) is 10.2 Å². The molecule has 1 unspecified atom stereocenters. The minimum absolute atomic E-state index is 0.0341. The highest BCUT2D eigenvalue weighted by molar-refractivity contribution is 9.10. The molecule has 0 spiro atoms. The minimum Gasteiger partial charge on any atom is -0.479 e. The van der Waals surface area contributed by atoms with Crippen LogP contribution in [0.1, 0.15) is 16.9 Å². The molecular weight excluding hydrogens is 385 g/mol. The molecule has 0 radical (unpaired) electrons. The summed E-state index contributed by atoms with van der Waals surface area (Å²) >= 11 is 3.24. The Labute approximate surface area is 144 Å². The Kier molecular flexibility index (Phi) is 4.37. The first kappa shape index (κ1) is 16.6. The molecule has 126 valence electrons. The number of hydrogen-bond donors (Lipinski definition) is 2. The number of carboxylic acid groups (broad SMARTS) is 1. The van der Waals surface area contributed by atoms with E-state index in [1.54, 1.807) is 6.20 Å². The predicted octanol–water partition coefficient (Wildman–Crippen LogP) is 1.75. The van der Waals surface area contributed by atoms with Crippen molar-refractivity contribution >= 4 is 27.8 Å². The van der Waals surface area contributed by atoms with Gasteiger partial charge in [0.25, 0.3) is 5.91 Å². The van der Waals surface area contributed by atoms with Crippen LogP contribution in [0, 0.1) is 5.82 Å². The Morgan fingerprint density at radius 1 is 1.38 bits per heavy atom. The van der Waals surface area contributed by atoms with E-state index >= 15 is 0 Å². The number of carboxylic acids is 1. The summed E-state index contributed by atoms with van der Waals surface area (Å²) in [5.41, 5.74) is -0.851. The van der Waals surface area contributed by atoms with Crippen LogP contribution in [0.25, 0.3) is 5.69 Å². The first-order chi connectivity index (χ1) is 11.4. The maximum atomic E-state index is 13.0. The van der Waals surface area contributed by atoms with Gasteiger partial charge in [0, 0.05) is 19.2 Å². The number of rotatable bonds is 4. The van der Waals surface area contributed by atoms with Crippen molar-refractivity contribution in [3.63, 3.8) is 0 Å². The van der Waals surface area contributed by atoms with Gasteiger partial charge in [0.1, 0.15) is 5.82 Å². The van der Waals surface area contributed by atoms with Gasteiger partial charge in [-0.05, 0) is 40.2 Å². The molecule has 1 aromatic heterocycles. The van der Waals surface area contributed by atoms with Crippen LogP contribution in [0.15, 0.2) is 34.9 Å². The van der Waals surface area contributed by atoms with Crippen LogP contribution in [0.4, 0.5) is 4.39 Å². The lowest BCUT2D eigenvalue weighted by atomic mass is 9.99. The number of hydrogen-bond acceptors (Lipinski definition) is 4. The third-order valence-corrected chi connectivity index (χ3v) is 4.34. The van der Waals surface area contributed by atoms with Crippen LogP contribution in [0.5, 0.6) is 0 Å². The quantitative estimate of drug-likeness (QED) is 0.819. The molecule has 1 fully saturated rings. The van der Waals surface area contributed by atoms with Crippen molar-refractivity contribution in [1.82, 2.24) is 15.1 Å². The van der Waals surface area contributed by atoms with Gasteiger partial charge in [0.15, 0.2) is 11.2 Å². The molecule has 2 aromatic rings. The molecule has 1 saturated heterocycles. The van der Waals surface area contributed by atoms with Crippen LogP contribution < -0.4 is 5.32 Å². The smallest absolute Gasteiger partial charge is 0.331 e. The van der Waals surface area contributed by atoms with E-state index in [1.807, 2.05) is 0 Å². The van der Waals surface area contributed by atoms with E-state index in [0.717, 1.165) is 0 Å². The highest BCUT2D eigenvalue weighted by atomic mass is 79.9. The fourth-order valence-corrected chi connectivity index (χ4v) is 2.85. The van der Waals surface area contributed by atoms with E-state index < -0.39 is 17.4 Å². The van der Waals surface area contributed by atoms with Crippen LogP contribution in [0.2, 0.25) is 0 Å². The lowest BCUT2D eigenvalue weighted by Crippen LogP contribution is -2.55. The number of aromatic nitrogens is 2. The lowest BCUT2D eigenvalue weighted by Gasteiger charge is -2.23. The van der Waals surface area contributed by atoms with E-state index in [9.17, 15) is 19.1 Å². The Morgan fingerprint density at radius 3 is 2.67 bits per heavy atom. The molecule has 1 aliphatic heterocycles. The van der Waals surface area contributed by atoms with E-state index in [2.05, 4.69) is 26.3 Å². The lowest BCUT2D eigenvalue weighted by molar-refractivity contribution is -0.144. The molecule has 9 heteroatoms. The molecule has 7 nitrogen and oxygen atoms in total. The molecule has 0 aliphatic carbocycles. The van der Waals surface area contributed by atoms with Crippen molar-refractivity contribution in [1.29, 1.82) is 0 Å². The second-order valence-electron chi connectivity index (χ2n) is 5.39. The number of carbonyl (C=O) groups is 2. The number of nitrogens with zero attached hydrogens (tertiary/aromatic N) is 2. The SMILES string of the molecule is O=C(NC1(C(=O)O)CCOC1)c1nn(-c2ccc(F)cc2)cc1Br. The Balaban J connectivity index is 1.85. The Bertz CT molecular complexity index is 785. The zero-order valence-corrected chi connectivity index (χ0v) is 13.9. The summed E-state index contributed by atoms with van der Waals surface area (Å²) in [5, 5.41) is 16.0. The second-order valence-corrected chi connectivity index (χ2v) is 6.24. The van der Waals surface area contributed by atoms with Crippen LogP contribution >= 0.6 is 15.9 Å². The zero-order valence-electron chi connectivity index (χ0n) is 12.3. The Morgan fingerprint density at radius 2 is 2.08 bits per heavy atom. The molecule has 3 rings (SSSR count). The molecule has 1 atom stereocenters. The van der Waals surface area contributed by atoms with Gasteiger partial charge in [0.2, 0.25) is 0 Å². The maximum Gasteiger partial charge on any atom is 0.331 e. The van der Waals surface area contributed by atoms with Crippen molar-refractivity contribution in [2.45, 2.75) is 12.0 Å². The Hall–Kier alpha value is -2.26. The molecular formula is C15H13BrFN3O4. The van der Waals surface area contributed by atoms with Gasteiger partial charge < -0.3 is 15.2 Å². The predicted molar refractivity (Wildman–Crippen MR) is 84.5 cm³/mol. The summed E-state index contributed by atoms with van der Waals surface area (Å²) < 4.78 is 19.9.